The van der Waals surface area contributed by atoms with Gasteiger partial charge in [0, 0.05) is 27.9 Å². The predicted octanol–water partition coefficient (Wildman–Crippen LogP) is 6.32. The quantitative estimate of drug-likeness (QED) is 0.203. The van der Waals surface area contributed by atoms with Crippen molar-refractivity contribution in [3.63, 3.8) is 0 Å². The van der Waals surface area contributed by atoms with Crippen LogP contribution in [0.3, 0.4) is 0 Å². The molecule has 3 aromatic rings. The summed E-state index contributed by atoms with van der Waals surface area (Å²) in [4.78, 5) is 0.303. The van der Waals surface area contributed by atoms with Crippen LogP contribution < -0.4 is 15.0 Å². The number of hydrogen-bond acceptors (Lipinski definition) is 2. The normalized spacial score (nSPS) is 12.3. The molecule has 0 bridgehead atoms. The Bertz CT molecular complexity index is 1180. The number of hydrogen-bond donors (Lipinski definition) is 1. The molecule has 0 unspecified atom stereocenters. The number of nitrogens with zero attached hydrogens (tertiary/aromatic N) is 1. The number of para-hydroxylation sites is 1. The highest BCUT2D eigenvalue weighted by molar-refractivity contribution is 7.81. The molecule has 0 spiro atoms. The third-order valence-electron chi connectivity index (χ3n) is 5.28. The Morgan fingerprint density at radius 3 is 2.12 bits per heavy atom. The number of rotatable bonds is 4. The zero-order valence-electron chi connectivity index (χ0n) is 18.8. The van der Waals surface area contributed by atoms with Gasteiger partial charge in [0.05, 0.1) is 0 Å². The van der Waals surface area contributed by atoms with Crippen molar-refractivity contribution in [2.45, 2.75) is 40.0 Å². The molecule has 32 heavy (non-hydrogen) atoms. The number of anilines is 1. The van der Waals surface area contributed by atoms with E-state index in [-0.39, 0.29) is 11.2 Å². The van der Waals surface area contributed by atoms with Crippen molar-refractivity contribution in [2.75, 3.05) is 5.32 Å². The van der Waals surface area contributed by atoms with Crippen molar-refractivity contribution in [1.29, 1.82) is 0 Å². The van der Waals surface area contributed by atoms with Crippen LogP contribution in [0.15, 0.2) is 60.9 Å². The maximum atomic E-state index is 13.7. The number of thiocarbonyl (C=S) groups is 1. The Balaban J connectivity index is 2.17. The summed E-state index contributed by atoms with van der Waals surface area (Å²) in [5, 5.41) is 17.7. The van der Waals surface area contributed by atoms with Gasteiger partial charge in [0.25, 0.3) is 0 Å². The molecule has 1 heterocycles. The summed E-state index contributed by atoms with van der Waals surface area (Å²) in [6, 6.07) is 14.8. The molecule has 0 aliphatic heterocycles. The first kappa shape index (κ1) is 24.2. The van der Waals surface area contributed by atoms with E-state index >= 15 is 0 Å². The average Bonchev–Trinajstić information content (AvgIpc) is 2.72. The minimum Gasteiger partial charge on any atom is -0.867 e. The number of benzene rings is 2. The SMILES string of the molecule is Cc1cccc(C)c1NC(=S)/C(=C(/[O-])c1cc(Cl)ccc1Cl)[n+]1ccc(C(C)(C)C)cc1. The largest absolute Gasteiger partial charge is 0.867 e. The molecule has 166 valence electrons. The van der Waals surface area contributed by atoms with E-state index in [1.54, 1.807) is 22.8 Å². The van der Waals surface area contributed by atoms with E-state index in [1.165, 1.54) is 0 Å². The lowest BCUT2D eigenvalue weighted by Crippen LogP contribution is -2.40. The van der Waals surface area contributed by atoms with Crippen LogP contribution in [0, 0.1) is 13.8 Å². The van der Waals surface area contributed by atoms with E-state index in [1.807, 2.05) is 56.6 Å². The van der Waals surface area contributed by atoms with Gasteiger partial charge in [0.1, 0.15) is 0 Å². The third kappa shape index (κ3) is 5.32. The highest BCUT2D eigenvalue weighted by Gasteiger charge is 2.23. The van der Waals surface area contributed by atoms with E-state index in [0.29, 0.717) is 26.3 Å². The van der Waals surface area contributed by atoms with Gasteiger partial charge in [-0.25, -0.2) is 0 Å². The molecule has 1 N–H and O–H groups in total. The number of halogens is 2. The third-order valence-corrected chi connectivity index (χ3v) is 6.14. The Morgan fingerprint density at radius 1 is 0.969 bits per heavy atom. The Kier molecular flexibility index (Phi) is 7.29. The van der Waals surface area contributed by atoms with Crippen molar-refractivity contribution in [3.05, 3.63) is 93.2 Å². The highest BCUT2D eigenvalue weighted by atomic mass is 35.5. The number of pyridine rings is 1. The van der Waals surface area contributed by atoms with Crippen LogP contribution in [0.1, 0.15) is 43.0 Å². The number of aryl methyl sites for hydroxylation is 2. The fraction of sp³-hybridized carbons (Fsp3) is 0.231. The Labute approximate surface area is 205 Å². The van der Waals surface area contributed by atoms with Gasteiger partial charge >= 0.3 is 0 Å². The minimum atomic E-state index is -0.310. The Hall–Kier alpha value is -2.40. The van der Waals surface area contributed by atoms with Gasteiger partial charge in [-0.1, -0.05) is 74.4 Å². The van der Waals surface area contributed by atoms with E-state index in [0.717, 1.165) is 22.4 Å². The molecule has 1 aromatic heterocycles. The molecule has 0 aliphatic carbocycles. The van der Waals surface area contributed by atoms with Gasteiger partial charge < -0.3 is 10.4 Å². The second kappa shape index (κ2) is 9.62. The summed E-state index contributed by atoms with van der Waals surface area (Å²) in [5.74, 6) is -0.310. The zero-order chi connectivity index (χ0) is 23.6. The van der Waals surface area contributed by atoms with Crippen LogP contribution in [-0.4, -0.2) is 4.99 Å². The van der Waals surface area contributed by atoms with Crippen LogP contribution in [-0.2, 0) is 5.41 Å². The Morgan fingerprint density at radius 2 is 1.56 bits per heavy atom. The fourth-order valence-corrected chi connectivity index (χ4v) is 4.07. The van der Waals surface area contributed by atoms with Gasteiger partial charge in [-0.15, -0.1) is 0 Å². The lowest BCUT2D eigenvalue weighted by molar-refractivity contribution is -0.577. The molecule has 0 atom stereocenters. The predicted molar refractivity (Wildman–Crippen MR) is 137 cm³/mol. The molecule has 0 saturated carbocycles. The molecular weight excluding hydrogens is 459 g/mol. The molecule has 2 aromatic carbocycles. The van der Waals surface area contributed by atoms with Crippen molar-refractivity contribution in [3.8, 4) is 0 Å². The second-order valence-corrected chi connectivity index (χ2v) is 10.0. The fourth-order valence-electron chi connectivity index (χ4n) is 3.40. The molecule has 0 fully saturated rings. The monoisotopic (exact) mass is 484 g/mol. The molecule has 0 radical (unpaired) electrons. The van der Waals surface area contributed by atoms with E-state index in [4.69, 9.17) is 35.4 Å². The van der Waals surface area contributed by atoms with Gasteiger partial charge in [0.2, 0.25) is 5.70 Å². The smallest absolute Gasteiger partial charge is 0.238 e. The van der Waals surface area contributed by atoms with Crippen molar-refractivity contribution >= 4 is 57.6 Å². The maximum Gasteiger partial charge on any atom is 0.238 e. The van der Waals surface area contributed by atoms with Crippen LogP contribution >= 0.6 is 35.4 Å². The molecule has 3 rings (SSSR count). The summed E-state index contributed by atoms with van der Waals surface area (Å²) in [7, 11) is 0. The van der Waals surface area contributed by atoms with Crippen LogP contribution in [0.25, 0.3) is 11.5 Å². The minimum absolute atomic E-state index is 0.0173. The molecular formula is C26H26Cl2N2OS. The van der Waals surface area contributed by atoms with E-state index in [2.05, 4.69) is 26.1 Å². The standard InChI is InChI=1S/C26H26Cl2N2OS/c1-16-7-6-8-17(2)22(16)29-25(32)23(24(31)20-15-19(27)9-10-21(20)28)30-13-11-18(12-14-30)26(3,4)5/h6-15H,1-5H3,(H-,29,31,32). The van der Waals surface area contributed by atoms with Gasteiger partial charge in [-0.2, -0.15) is 4.57 Å². The first-order chi connectivity index (χ1) is 15.0. The summed E-state index contributed by atoms with van der Waals surface area (Å²) in [6.45, 7) is 10.4. The summed E-state index contributed by atoms with van der Waals surface area (Å²) >= 11 is 18.3. The molecule has 0 aliphatic rings. The molecule has 3 nitrogen and oxygen atoms in total. The molecule has 0 amide bonds. The van der Waals surface area contributed by atoms with Crippen molar-refractivity contribution in [2.24, 2.45) is 0 Å². The lowest BCUT2D eigenvalue weighted by atomic mass is 9.88. The summed E-state index contributed by atoms with van der Waals surface area (Å²) in [5.41, 5.74) is 4.68. The van der Waals surface area contributed by atoms with Crippen LogP contribution in [0.5, 0.6) is 0 Å². The van der Waals surface area contributed by atoms with Crippen LogP contribution in [0.4, 0.5) is 5.69 Å². The van der Waals surface area contributed by atoms with E-state index < -0.39 is 0 Å². The van der Waals surface area contributed by atoms with Gasteiger partial charge in [0.15, 0.2) is 17.4 Å². The number of nitrogens with one attached hydrogen (secondary N) is 1. The molecule has 6 heteroatoms. The summed E-state index contributed by atoms with van der Waals surface area (Å²) < 4.78 is 1.73. The lowest BCUT2D eigenvalue weighted by Gasteiger charge is -2.21. The summed E-state index contributed by atoms with van der Waals surface area (Å²) in [6.07, 6.45) is 3.70. The number of aromatic nitrogens is 1. The van der Waals surface area contributed by atoms with Crippen molar-refractivity contribution in [1.82, 2.24) is 0 Å². The average molecular weight is 485 g/mol. The second-order valence-electron chi connectivity index (χ2n) is 8.77. The highest BCUT2D eigenvalue weighted by Crippen LogP contribution is 2.28. The maximum absolute atomic E-state index is 13.7. The topological polar surface area (TPSA) is 39.0 Å². The van der Waals surface area contributed by atoms with Gasteiger partial charge in [-0.3, -0.25) is 0 Å². The first-order valence-corrected chi connectivity index (χ1v) is 11.4. The van der Waals surface area contributed by atoms with Crippen molar-refractivity contribution < 1.29 is 9.67 Å². The molecule has 0 saturated heterocycles. The zero-order valence-corrected chi connectivity index (χ0v) is 21.1. The first-order valence-electron chi connectivity index (χ1n) is 10.3. The van der Waals surface area contributed by atoms with Gasteiger partial charge in [-0.05, 0) is 65.5 Å². The van der Waals surface area contributed by atoms with E-state index in [9.17, 15) is 5.11 Å². The van der Waals surface area contributed by atoms with Crippen LogP contribution in [0.2, 0.25) is 10.0 Å².